The number of hydrogen-bond donors (Lipinski definition) is 1. The van der Waals surface area contributed by atoms with E-state index in [9.17, 15) is 4.79 Å². The van der Waals surface area contributed by atoms with Gasteiger partial charge in [-0.2, -0.15) is 0 Å². The summed E-state index contributed by atoms with van der Waals surface area (Å²) in [7, 11) is 0. The second-order valence-corrected chi connectivity index (χ2v) is 5.84. The standard InChI is InChI=1S/C18H23N5O/c24-18(21-9-4-8-16-6-2-1-3-7-16)23-14-12-22(13-15-23)17-19-10-5-11-20-17/h1-3,5-7,10-11H,4,8-9,12-15H2,(H,21,24). The molecule has 2 heterocycles. The Morgan fingerprint density at radius 3 is 2.42 bits per heavy atom. The quantitative estimate of drug-likeness (QED) is 0.854. The molecule has 126 valence electrons. The number of urea groups is 1. The summed E-state index contributed by atoms with van der Waals surface area (Å²) in [5, 5.41) is 3.01. The zero-order valence-electron chi connectivity index (χ0n) is 13.8. The van der Waals surface area contributed by atoms with Gasteiger partial charge in [-0.05, 0) is 24.5 Å². The van der Waals surface area contributed by atoms with Crippen molar-refractivity contribution in [3.63, 3.8) is 0 Å². The summed E-state index contributed by atoms with van der Waals surface area (Å²) in [5.74, 6) is 0.736. The Labute approximate surface area is 142 Å². The van der Waals surface area contributed by atoms with Crippen molar-refractivity contribution in [1.82, 2.24) is 20.2 Å². The van der Waals surface area contributed by atoms with Crippen molar-refractivity contribution in [3.8, 4) is 0 Å². The number of aromatic nitrogens is 2. The van der Waals surface area contributed by atoms with E-state index in [1.165, 1.54) is 5.56 Å². The summed E-state index contributed by atoms with van der Waals surface area (Å²) >= 11 is 0. The van der Waals surface area contributed by atoms with E-state index in [-0.39, 0.29) is 6.03 Å². The third-order valence-corrected chi connectivity index (χ3v) is 4.16. The van der Waals surface area contributed by atoms with Gasteiger partial charge in [-0.25, -0.2) is 14.8 Å². The average molecular weight is 325 g/mol. The summed E-state index contributed by atoms with van der Waals surface area (Å²) in [6.45, 7) is 3.63. The molecule has 24 heavy (non-hydrogen) atoms. The van der Waals surface area contributed by atoms with Gasteiger partial charge in [0.2, 0.25) is 5.95 Å². The Balaban J connectivity index is 1.36. The molecule has 2 amide bonds. The Morgan fingerprint density at radius 2 is 1.71 bits per heavy atom. The van der Waals surface area contributed by atoms with Crippen LogP contribution in [-0.4, -0.2) is 53.6 Å². The third-order valence-electron chi connectivity index (χ3n) is 4.16. The van der Waals surface area contributed by atoms with E-state index >= 15 is 0 Å². The molecule has 0 saturated carbocycles. The lowest BCUT2D eigenvalue weighted by molar-refractivity contribution is 0.194. The van der Waals surface area contributed by atoms with Crippen molar-refractivity contribution in [2.45, 2.75) is 12.8 Å². The van der Waals surface area contributed by atoms with E-state index in [0.717, 1.165) is 31.9 Å². The Kier molecular flexibility index (Phi) is 5.61. The number of aryl methyl sites for hydroxylation is 1. The first-order valence-electron chi connectivity index (χ1n) is 8.41. The first-order valence-corrected chi connectivity index (χ1v) is 8.41. The van der Waals surface area contributed by atoms with Crippen LogP contribution in [0.15, 0.2) is 48.8 Å². The van der Waals surface area contributed by atoms with Gasteiger partial charge in [-0.15, -0.1) is 0 Å². The van der Waals surface area contributed by atoms with Crippen LogP contribution in [0, 0.1) is 0 Å². The summed E-state index contributed by atoms with van der Waals surface area (Å²) < 4.78 is 0. The van der Waals surface area contributed by atoms with Crippen LogP contribution >= 0.6 is 0 Å². The average Bonchev–Trinajstić information content (AvgIpc) is 2.67. The van der Waals surface area contributed by atoms with E-state index in [1.807, 2.05) is 29.2 Å². The summed E-state index contributed by atoms with van der Waals surface area (Å²) in [4.78, 5) is 24.7. The second-order valence-electron chi connectivity index (χ2n) is 5.84. The molecule has 1 aromatic carbocycles. The van der Waals surface area contributed by atoms with Gasteiger partial charge in [0.25, 0.3) is 0 Å². The number of nitrogens with zero attached hydrogens (tertiary/aromatic N) is 4. The summed E-state index contributed by atoms with van der Waals surface area (Å²) in [5.41, 5.74) is 1.31. The summed E-state index contributed by atoms with van der Waals surface area (Å²) in [6.07, 6.45) is 5.43. The Bertz CT molecular complexity index is 626. The Morgan fingerprint density at radius 1 is 1.00 bits per heavy atom. The van der Waals surface area contributed by atoms with Crippen LogP contribution in [0.5, 0.6) is 0 Å². The van der Waals surface area contributed by atoms with Crippen LogP contribution in [0.2, 0.25) is 0 Å². The van der Waals surface area contributed by atoms with Crippen LogP contribution in [0.4, 0.5) is 10.7 Å². The lowest BCUT2D eigenvalue weighted by atomic mass is 10.1. The van der Waals surface area contributed by atoms with Gasteiger partial charge in [-0.3, -0.25) is 0 Å². The molecule has 0 bridgehead atoms. The van der Waals surface area contributed by atoms with Gasteiger partial charge in [0.1, 0.15) is 0 Å². The molecule has 0 radical (unpaired) electrons. The van der Waals surface area contributed by atoms with Crippen molar-refractivity contribution in [2.75, 3.05) is 37.6 Å². The molecular formula is C18H23N5O. The second kappa shape index (κ2) is 8.29. The first kappa shape index (κ1) is 16.2. The fraction of sp³-hybridized carbons (Fsp3) is 0.389. The molecular weight excluding hydrogens is 302 g/mol. The van der Waals surface area contributed by atoms with Gasteiger partial charge in [0.15, 0.2) is 0 Å². The minimum absolute atomic E-state index is 0.0247. The number of amides is 2. The molecule has 0 aliphatic carbocycles. The van der Waals surface area contributed by atoms with E-state index < -0.39 is 0 Å². The van der Waals surface area contributed by atoms with Crippen molar-refractivity contribution in [1.29, 1.82) is 0 Å². The Hall–Kier alpha value is -2.63. The van der Waals surface area contributed by atoms with Gasteiger partial charge < -0.3 is 15.1 Å². The van der Waals surface area contributed by atoms with E-state index in [1.54, 1.807) is 12.4 Å². The largest absolute Gasteiger partial charge is 0.338 e. The molecule has 0 atom stereocenters. The number of rotatable bonds is 5. The predicted molar refractivity (Wildman–Crippen MR) is 94.0 cm³/mol. The van der Waals surface area contributed by atoms with Crippen molar-refractivity contribution in [3.05, 3.63) is 54.4 Å². The molecule has 2 aromatic rings. The van der Waals surface area contributed by atoms with Crippen molar-refractivity contribution < 1.29 is 4.79 Å². The number of piperazine rings is 1. The topological polar surface area (TPSA) is 61.4 Å². The molecule has 1 N–H and O–H groups in total. The zero-order chi connectivity index (χ0) is 16.6. The van der Waals surface area contributed by atoms with E-state index in [2.05, 4.69) is 32.3 Å². The normalized spacial score (nSPS) is 14.5. The maximum atomic E-state index is 12.2. The van der Waals surface area contributed by atoms with Crippen LogP contribution in [0.25, 0.3) is 0 Å². The maximum Gasteiger partial charge on any atom is 0.317 e. The van der Waals surface area contributed by atoms with E-state index in [4.69, 9.17) is 0 Å². The van der Waals surface area contributed by atoms with Gasteiger partial charge in [-0.1, -0.05) is 30.3 Å². The van der Waals surface area contributed by atoms with Crippen molar-refractivity contribution >= 4 is 12.0 Å². The number of benzene rings is 1. The number of nitrogens with one attached hydrogen (secondary N) is 1. The maximum absolute atomic E-state index is 12.2. The smallest absolute Gasteiger partial charge is 0.317 e. The third kappa shape index (κ3) is 4.44. The highest BCUT2D eigenvalue weighted by atomic mass is 16.2. The monoisotopic (exact) mass is 325 g/mol. The molecule has 1 saturated heterocycles. The highest BCUT2D eigenvalue weighted by Gasteiger charge is 2.21. The molecule has 3 rings (SSSR count). The van der Waals surface area contributed by atoms with Crippen LogP contribution in [-0.2, 0) is 6.42 Å². The zero-order valence-corrected chi connectivity index (χ0v) is 13.8. The minimum atomic E-state index is 0.0247. The minimum Gasteiger partial charge on any atom is -0.338 e. The van der Waals surface area contributed by atoms with Gasteiger partial charge in [0, 0.05) is 45.1 Å². The molecule has 1 aromatic heterocycles. The van der Waals surface area contributed by atoms with E-state index in [0.29, 0.717) is 19.6 Å². The molecule has 6 nitrogen and oxygen atoms in total. The number of anilines is 1. The highest BCUT2D eigenvalue weighted by Crippen LogP contribution is 2.09. The first-order chi connectivity index (χ1) is 11.8. The van der Waals surface area contributed by atoms with Crippen molar-refractivity contribution in [2.24, 2.45) is 0 Å². The molecule has 1 fully saturated rings. The number of carbonyl (C=O) groups excluding carboxylic acids is 1. The highest BCUT2D eigenvalue weighted by molar-refractivity contribution is 5.74. The lowest BCUT2D eigenvalue weighted by Gasteiger charge is -2.34. The van der Waals surface area contributed by atoms with Gasteiger partial charge >= 0.3 is 6.03 Å². The fourth-order valence-corrected chi connectivity index (χ4v) is 2.81. The molecule has 0 spiro atoms. The number of carbonyl (C=O) groups is 1. The molecule has 0 unspecified atom stereocenters. The molecule has 1 aliphatic rings. The van der Waals surface area contributed by atoms with Crippen LogP contribution in [0.3, 0.4) is 0 Å². The number of hydrogen-bond acceptors (Lipinski definition) is 4. The SMILES string of the molecule is O=C(NCCCc1ccccc1)N1CCN(c2ncccn2)CC1. The molecule has 1 aliphatic heterocycles. The van der Waals surface area contributed by atoms with Crippen LogP contribution < -0.4 is 10.2 Å². The lowest BCUT2D eigenvalue weighted by Crippen LogP contribution is -2.52. The predicted octanol–water partition coefficient (Wildman–Crippen LogP) is 1.94. The molecule has 6 heteroatoms. The van der Waals surface area contributed by atoms with Crippen LogP contribution in [0.1, 0.15) is 12.0 Å². The van der Waals surface area contributed by atoms with Gasteiger partial charge in [0.05, 0.1) is 0 Å². The fourth-order valence-electron chi connectivity index (χ4n) is 2.81. The summed E-state index contributed by atoms with van der Waals surface area (Å²) in [6, 6.07) is 12.2.